The van der Waals surface area contributed by atoms with Crippen LogP contribution in [0.1, 0.15) is 32.1 Å². The van der Waals surface area contributed by atoms with Crippen LogP contribution in [0.4, 0.5) is 10.6 Å². The van der Waals surface area contributed by atoms with Crippen LogP contribution in [0.25, 0.3) is 11.3 Å². The number of anilines is 1. The molecule has 184 valence electrons. The Morgan fingerprint density at radius 1 is 1.14 bits per heavy atom. The summed E-state index contributed by atoms with van der Waals surface area (Å²) in [4.78, 5) is 25.4. The highest BCUT2D eigenvalue weighted by molar-refractivity contribution is 5.89. The Bertz CT molecular complexity index is 1150. The molecule has 1 aliphatic rings. The second-order valence-corrected chi connectivity index (χ2v) is 8.59. The molecule has 0 radical (unpaired) electrons. The SMILES string of the molecule is CCC1C(=O)NC(n2nc(-c3ccccc3)cc2NC(=O)NCCc2ccc(OC)cc2)NC1C. The fourth-order valence-corrected chi connectivity index (χ4v) is 4.25. The maximum atomic E-state index is 12.7. The average Bonchev–Trinajstić information content (AvgIpc) is 3.28. The fraction of sp³-hybridized carbons (Fsp3) is 0.346. The van der Waals surface area contributed by atoms with Crippen molar-refractivity contribution in [3.63, 3.8) is 0 Å². The first-order valence-electron chi connectivity index (χ1n) is 11.9. The van der Waals surface area contributed by atoms with E-state index >= 15 is 0 Å². The molecule has 3 unspecified atom stereocenters. The summed E-state index contributed by atoms with van der Waals surface area (Å²) in [7, 11) is 1.63. The Kier molecular flexibility index (Phi) is 7.67. The average molecular weight is 477 g/mol. The molecule has 3 atom stereocenters. The number of ether oxygens (including phenoxy) is 1. The van der Waals surface area contributed by atoms with Crippen LogP contribution in [-0.2, 0) is 11.2 Å². The third-order valence-electron chi connectivity index (χ3n) is 6.23. The number of nitrogens with zero attached hydrogens (tertiary/aromatic N) is 2. The molecule has 1 saturated heterocycles. The van der Waals surface area contributed by atoms with Crippen LogP contribution in [0.15, 0.2) is 60.7 Å². The van der Waals surface area contributed by atoms with E-state index in [1.54, 1.807) is 11.8 Å². The molecule has 35 heavy (non-hydrogen) atoms. The summed E-state index contributed by atoms with van der Waals surface area (Å²) in [5.74, 6) is 1.12. The van der Waals surface area contributed by atoms with Gasteiger partial charge in [-0.3, -0.25) is 15.4 Å². The number of hydrogen-bond acceptors (Lipinski definition) is 5. The van der Waals surface area contributed by atoms with Gasteiger partial charge in [-0.05, 0) is 37.5 Å². The van der Waals surface area contributed by atoms with Gasteiger partial charge in [0.1, 0.15) is 11.6 Å². The normalized spacial score (nSPS) is 19.6. The Labute approximate surface area is 205 Å². The van der Waals surface area contributed by atoms with Gasteiger partial charge in [-0.15, -0.1) is 0 Å². The van der Waals surface area contributed by atoms with Gasteiger partial charge < -0.3 is 15.4 Å². The minimum absolute atomic E-state index is 0.0320. The zero-order valence-corrected chi connectivity index (χ0v) is 20.2. The smallest absolute Gasteiger partial charge is 0.320 e. The predicted molar refractivity (Wildman–Crippen MR) is 135 cm³/mol. The number of aromatic nitrogens is 2. The zero-order valence-electron chi connectivity index (χ0n) is 20.2. The minimum atomic E-state index is -0.577. The van der Waals surface area contributed by atoms with Gasteiger partial charge in [-0.1, -0.05) is 49.4 Å². The molecule has 2 aromatic carbocycles. The van der Waals surface area contributed by atoms with Gasteiger partial charge in [-0.2, -0.15) is 5.10 Å². The van der Waals surface area contributed by atoms with E-state index in [1.807, 2.05) is 74.5 Å². The maximum absolute atomic E-state index is 12.7. The topological polar surface area (TPSA) is 109 Å². The lowest BCUT2D eigenvalue weighted by Crippen LogP contribution is -2.57. The molecule has 1 aromatic heterocycles. The highest BCUT2D eigenvalue weighted by atomic mass is 16.5. The van der Waals surface area contributed by atoms with E-state index in [0.29, 0.717) is 24.5 Å². The number of nitrogens with one attached hydrogen (secondary N) is 4. The van der Waals surface area contributed by atoms with Crippen molar-refractivity contribution in [2.24, 2.45) is 5.92 Å². The zero-order chi connectivity index (χ0) is 24.8. The summed E-state index contributed by atoms with van der Waals surface area (Å²) < 4.78 is 6.80. The first-order chi connectivity index (χ1) is 17.0. The van der Waals surface area contributed by atoms with Crippen molar-refractivity contribution in [1.82, 2.24) is 25.7 Å². The van der Waals surface area contributed by atoms with Crippen molar-refractivity contribution >= 4 is 17.8 Å². The van der Waals surface area contributed by atoms with E-state index in [2.05, 4.69) is 21.3 Å². The molecular weight excluding hydrogens is 444 g/mol. The summed E-state index contributed by atoms with van der Waals surface area (Å²) in [5, 5.41) is 16.9. The molecule has 0 aliphatic carbocycles. The fourth-order valence-electron chi connectivity index (χ4n) is 4.25. The lowest BCUT2D eigenvalue weighted by atomic mass is 9.95. The van der Waals surface area contributed by atoms with Gasteiger partial charge >= 0.3 is 6.03 Å². The Balaban J connectivity index is 1.47. The van der Waals surface area contributed by atoms with Crippen LogP contribution in [0.5, 0.6) is 5.75 Å². The van der Waals surface area contributed by atoms with Crippen LogP contribution in [0.2, 0.25) is 0 Å². The molecule has 4 N–H and O–H groups in total. The number of methoxy groups -OCH3 is 1. The summed E-state index contributed by atoms with van der Waals surface area (Å²) in [5.41, 5.74) is 2.70. The number of hydrogen-bond donors (Lipinski definition) is 4. The van der Waals surface area contributed by atoms with Crippen molar-refractivity contribution in [3.8, 4) is 17.0 Å². The molecule has 9 heteroatoms. The molecule has 2 heterocycles. The van der Waals surface area contributed by atoms with Crippen LogP contribution in [0.3, 0.4) is 0 Å². The van der Waals surface area contributed by atoms with Crippen molar-refractivity contribution < 1.29 is 14.3 Å². The van der Waals surface area contributed by atoms with Gasteiger partial charge in [0.2, 0.25) is 5.91 Å². The second kappa shape index (κ2) is 11.1. The van der Waals surface area contributed by atoms with Crippen LogP contribution in [-0.4, -0.2) is 41.4 Å². The summed E-state index contributed by atoms with van der Waals surface area (Å²) >= 11 is 0. The lowest BCUT2D eigenvalue weighted by Gasteiger charge is -2.35. The largest absolute Gasteiger partial charge is 0.497 e. The molecule has 1 aliphatic heterocycles. The van der Waals surface area contributed by atoms with Crippen molar-refractivity contribution in [2.45, 2.75) is 39.0 Å². The first-order valence-corrected chi connectivity index (χ1v) is 11.9. The van der Waals surface area contributed by atoms with E-state index in [0.717, 1.165) is 23.3 Å². The molecule has 0 spiro atoms. The number of urea groups is 1. The van der Waals surface area contributed by atoms with Gasteiger partial charge in [0, 0.05) is 24.2 Å². The molecule has 3 aromatic rings. The van der Waals surface area contributed by atoms with Crippen molar-refractivity contribution in [1.29, 1.82) is 0 Å². The van der Waals surface area contributed by atoms with E-state index in [1.165, 1.54) is 0 Å². The van der Waals surface area contributed by atoms with Gasteiger partial charge in [0.05, 0.1) is 18.7 Å². The summed E-state index contributed by atoms with van der Waals surface area (Å²) in [6, 6.07) is 18.9. The lowest BCUT2D eigenvalue weighted by molar-refractivity contribution is -0.130. The Morgan fingerprint density at radius 3 is 2.54 bits per heavy atom. The Morgan fingerprint density at radius 2 is 1.89 bits per heavy atom. The predicted octanol–water partition coefficient (Wildman–Crippen LogP) is 3.51. The van der Waals surface area contributed by atoms with Crippen LogP contribution >= 0.6 is 0 Å². The second-order valence-electron chi connectivity index (χ2n) is 8.59. The quantitative estimate of drug-likeness (QED) is 0.398. The number of rotatable bonds is 8. The molecule has 0 bridgehead atoms. The molecular formula is C26H32N6O3. The molecule has 3 amide bonds. The van der Waals surface area contributed by atoms with E-state index < -0.39 is 6.29 Å². The van der Waals surface area contributed by atoms with Gasteiger partial charge in [0.15, 0.2) is 6.29 Å². The van der Waals surface area contributed by atoms with Crippen LogP contribution < -0.4 is 26.0 Å². The third-order valence-corrected chi connectivity index (χ3v) is 6.23. The van der Waals surface area contributed by atoms with Crippen LogP contribution in [0, 0.1) is 5.92 Å². The van der Waals surface area contributed by atoms with Gasteiger partial charge in [0.25, 0.3) is 0 Å². The molecule has 9 nitrogen and oxygen atoms in total. The van der Waals surface area contributed by atoms with E-state index in [9.17, 15) is 9.59 Å². The maximum Gasteiger partial charge on any atom is 0.320 e. The standard InChI is InChI=1S/C26H32N6O3/c1-4-21-17(2)28-25(30-24(21)33)32-23(16-22(31-32)19-8-6-5-7-9-19)29-26(34)27-15-14-18-10-12-20(35-3)13-11-18/h5-13,16-17,21,25,28H,4,14-15H2,1-3H3,(H,30,33)(H2,27,29,34). The Hall–Kier alpha value is -3.85. The van der Waals surface area contributed by atoms with E-state index in [-0.39, 0.29) is 23.9 Å². The third kappa shape index (κ3) is 5.81. The monoisotopic (exact) mass is 476 g/mol. The van der Waals surface area contributed by atoms with Crippen molar-refractivity contribution in [3.05, 3.63) is 66.2 Å². The minimum Gasteiger partial charge on any atom is -0.497 e. The van der Waals surface area contributed by atoms with E-state index in [4.69, 9.17) is 9.84 Å². The van der Waals surface area contributed by atoms with Crippen molar-refractivity contribution in [2.75, 3.05) is 19.0 Å². The van der Waals surface area contributed by atoms with Gasteiger partial charge in [-0.25, -0.2) is 9.48 Å². The highest BCUT2D eigenvalue weighted by Crippen LogP contribution is 2.26. The molecule has 1 fully saturated rings. The highest BCUT2D eigenvalue weighted by Gasteiger charge is 2.34. The number of benzene rings is 2. The molecule has 0 saturated carbocycles. The molecule has 4 rings (SSSR count). The number of carbonyl (C=O) groups excluding carboxylic acids is 2. The summed E-state index contributed by atoms with van der Waals surface area (Å²) in [6.45, 7) is 4.44. The number of amides is 3. The summed E-state index contributed by atoms with van der Waals surface area (Å²) in [6.07, 6.45) is 0.845. The number of carbonyl (C=O) groups is 2. The first kappa shape index (κ1) is 24.3.